The minimum Gasteiger partial charge on any atom is -0.591 e. The Bertz CT molecular complexity index is 818. The Morgan fingerprint density at radius 2 is 1.83 bits per heavy atom. The molecule has 1 saturated heterocycles. The highest BCUT2D eigenvalue weighted by Crippen LogP contribution is 2.46. The second-order valence-electron chi connectivity index (χ2n) is 10.0. The highest BCUT2D eigenvalue weighted by atomic mass is 32.2. The maximum absolute atomic E-state index is 14.0. The summed E-state index contributed by atoms with van der Waals surface area (Å²) in [4.78, 5) is 14.2. The first-order valence-electron chi connectivity index (χ1n) is 10.1. The second kappa shape index (κ2) is 7.58. The number of fused-ring (bicyclic) bond motifs is 1. The normalized spacial score (nSPS) is 21.4. The zero-order valence-corrected chi connectivity index (χ0v) is 19.0. The first-order chi connectivity index (χ1) is 13.3. The molecule has 1 fully saturated rings. The summed E-state index contributed by atoms with van der Waals surface area (Å²) in [6, 6.07) is 4.77. The molecule has 3 rings (SSSR count). The number of carbonyl (C=O) groups is 1. The zero-order valence-electron chi connectivity index (χ0n) is 18.2. The Labute approximate surface area is 176 Å². The van der Waals surface area contributed by atoms with E-state index in [1.165, 1.54) is 12.1 Å². The molecule has 2 aliphatic rings. The lowest BCUT2D eigenvalue weighted by Gasteiger charge is -2.39. The molecule has 29 heavy (non-hydrogen) atoms. The van der Waals surface area contributed by atoms with Gasteiger partial charge >= 0.3 is 6.09 Å². The van der Waals surface area contributed by atoms with E-state index >= 15 is 0 Å². The van der Waals surface area contributed by atoms with Gasteiger partial charge in [0, 0.05) is 24.1 Å². The van der Waals surface area contributed by atoms with E-state index in [4.69, 9.17) is 4.74 Å². The smallest absolute Gasteiger partial charge is 0.410 e. The van der Waals surface area contributed by atoms with Gasteiger partial charge in [-0.15, -0.1) is 0 Å². The van der Waals surface area contributed by atoms with Gasteiger partial charge in [0.25, 0.3) is 0 Å². The standard InChI is InChI=1S/C22H31FN2O3S/c1-20(2,3)28-19(26)25-11-9-22(10-12-25)14-15-7-8-16(23)13-17(15)18(22)24-29(27)21(4,5)6/h7-8,13H,9-12,14H2,1-6H3/b24-18+/t29-/m1/s1. The van der Waals surface area contributed by atoms with Crippen molar-refractivity contribution in [1.82, 2.24) is 4.90 Å². The van der Waals surface area contributed by atoms with E-state index in [1.807, 2.05) is 41.5 Å². The average Bonchev–Trinajstić information content (AvgIpc) is 2.86. The summed E-state index contributed by atoms with van der Waals surface area (Å²) in [6.07, 6.45) is 1.78. The summed E-state index contributed by atoms with van der Waals surface area (Å²) in [5, 5.41) is 0. The van der Waals surface area contributed by atoms with Crippen LogP contribution in [0.5, 0.6) is 0 Å². The second-order valence-corrected chi connectivity index (χ2v) is 11.9. The monoisotopic (exact) mass is 422 g/mol. The van der Waals surface area contributed by atoms with Crippen molar-refractivity contribution in [3.05, 3.63) is 35.1 Å². The van der Waals surface area contributed by atoms with Gasteiger partial charge in [-0.2, -0.15) is 0 Å². The molecule has 160 valence electrons. The Morgan fingerprint density at radius 3 is 2.38 bits per heavy atom. The molecule has 0 radical (unpaired) electrons. The van der Waals surface area contributed by atoms with E-state index in [9.17, 15) is 13.7 Å². The minimum absolute atomic E-state index is 0.314. The van der Waals surface area contributed by atoms with E-state index in [1.54, 1.807) is 11.0 Å². The summed E-state index contributed by atoms with van der Waals surface area (Å²) in [5.41, 5.74) is 1.65. The van der Waals surface area contributed by atoms with Gasteiger partial charge in [0.2, 0.25) is 0 Å². The number of nitrogens with zero attached hydrogens (tertiary/aromatic N) is 2. The minimum atomic E-state index is -1.44. The third-order valence-corrected chi connectivity index (χ3v) is 6.82. The van der Waals surface area contributed by atoms with Gasteiger partial charge in [-0.25, -0.2) is 9.18 Å². The third kappa shape index (κ3) is 4.77. The summed E-state index contributed by atoms with van der Waals surface area (Å²) in [5.74, 6) is -0.318. The Hall–Kier alpha value is -1.60. The van der Waals surface area contributed by atoms with Crippen molar-refractivity contribution in [3.8, 4) is 0 Å². The predicted octanol–water partition coefficient (Wildman–Crippen LogP) is 4.65. The maximum atomic E-state index is 14.0. The molecule has 7 heteroatoms. The maximum Gasteiger partial charge on any atom is 0.410 e. The summed E-state index contributed by atoms with van der Waals surface area (Å²) < 4.78 is 36.4. The molecule has 1 aliphatic carbocycles. The molecule has 1 spiro atoms. The predicted molar refractivity (Wildman–Crippen MR) is 114 cm³/mol. The van der Waals surface area contributed by atoms with Crippen LogP contribution in [0, 0.1) is 11.2 Å². The number of benzene rings is 1. The van der Waals surface area contributed by atoms with Crippen molar-refractivity contribution in [2.24, 2.45) is 9.81 Å². The molecular weight excluding hydrogens is 391 g/mol. The Balaban J connectivity index is 1.88. The van der Waals surface area contributed by atoms with Crippen molar-refractivity contribution in [3.63, 3.8) is 0 Å². The van der Waals surface area contributed by atoms with Gasteiger partial charge < -0.3 is 14.2 Å². The van der Waals surface area contributed by atoms with Gasteiger partial charge in [0.1, 0.15) is 33.2 Å². The number of amides is 1. The molecule has 0 N–H and O–H groups in total. The average molecular weight is 423 g/mol. The van der Waals surface area contributed by atoms with Crippen molar-refractivity contribution >= 4 is 23.2 Å². The van der Waals surface area contributed by atoms with Crippen LogP contribution in [0.4, 0.5) is 9.18 Å². The number of piperidine rings is 1. The van der Waals surface area contributed by atoms with E-state index in [0.717, 1.165) is 23.3 Å². The van der Waals surface area contributed by atoms with Gasteiger partial charge in [0.05, 0.1) is 0 Å². The van der Waals surface area contributed by atoms with Crippen LogP contribution in [-0.2, 0) is 22.5 Å². The molecule has 1 aliphatic heterocycles. The number of carbonyl (C=O) groups excluding carboxylic acids is 1. The lowest BCUT2D eigenvalue weighted by atomic mass is 9.74. The van der Waals surface area contributed by atoms with Crippen LogP contribution in [0.1, 0.15) is 65.5 Å². The largest absolute Gasteiger partial charge is 0.591 e. The SMILES string of the molecule is CC(C)(C)OC(=O)N1CCC2(CC1)Cc1ccc(F)cc1/C2=N\[S@+]([O-])C(C)(C)C. The molecule has 1 aromatic rings. The number of likely N-dealkylation sites (tertiary alicyclic amines) is 1. The fourth-order valence-electron chi connectivity index (χ4n) is 3.88. The van der Waals surface area contributed by atoms with Crippen LogP contribution in [0.3, 0.4) is 0 Å². The van der Waals surface area contributed by atoms with E-state index in [2.05, 4.69) is 4.40 Å². The molecule has 5 nitrogen and oxygen atoms in total. The van der Waals surface area contributed by atoms with Crippen LogP contribution in [0.25, 0.3) is 0 Å². The quantitative estimate of drug-likeness (QED) is 0.619. The number of hydrogen-bond acceptors (Lipinski definition) is 4. The van der Waals surface area contributed by atoms with Crippen LogP contribution < -0.4 is 0 Å². The molecule has 0 unspecified atom stereocenters. The molecule has 0 aromatic heterocycles. The summed E-state index contributed by atoms with van der Waals surface area (Å²) >= 11 is -1.44. The number of hydrogen-bond donors (Lipinski definition) is 0. The fourth-order valence-corrected chi connectivity index (χ4v) is 4.61. The number of halogens is 1. The highest BCUT2D eigenvalue weighted by Gasteiger charge is 2.48. The van der Waals surface area contributed by atoms with Crippen LogP contribution in [0.2, 0.25) is 0 Å². The van der Waals surface area contributed by atoms with Crippen molar-refractivity contribution in [2.75, 3.05) is 13.1 Å². The van der Waals surface area contributed by atoms with Crippen LogP contribution >= 0.6 is 0 Å². The molecule has 1 heterocycles. The first kappa shape index (κ1) is 22.1. The van der Waals surface area contributed by atoms with Gasteiger partial charge in [-0.1, -0.05) is 10.5 Å². The lowest BCUT2D eigenvalue weighted by Crippen LogP contribution is -2.47. The molecular formula is C22H31FN2O3S. The molecule has 0 saturated carbocycles. The zero-order chi connectivity index (χ0) is 21.6. The highest BCUT2D eigenvalue weighted by molar-refractivity contribution is 7.91. The van der Waals surface area contributed by atoms with E-state index < -0.39 is 21.7 Å². The third-order valence-electron chi connectivity index (χ3n) is 5.43. The lowest BCUT2D eigenvalue weighted by molar-refractivity contribution is 0.0159. The van der Waals surface area contributed by atoms with Gasteiger partial charge in [-0.05, 0) is 78.5 Å². The number of ether oxygens (including phenoxy) is 1. The van der Waals surface area contributed by atoms with Crippen molar-refractivity contribution in [2.45, 2.75) is 71.2 Å². The molecule has 1 aromatic carbocycles. The Kier molecular flexibility index (Phi) is 5.78. The molecule has 0 bridgehead atoms. The molecule has 1 amide bonds. The number of rotatable bonds is 1. The summed E-state index contributed by atoms with van der Waals surface area (Å²) in [6.45, 7) is 12.3. The topological polar surface area (TPSA) is 65.0 Å². The van der Waals surface area contributed by atoms with E-state index in [-0.39, 0.29) is 17.3 Å². The summed E-state index contributed by atoms with van der Waals surface area (Å²) in [7, 11) is 0. The fraction of sp³-hybridized carbons (Fsp3) is 0.636. The van der Waals surface area contributed by atoms with Gasteiger partial charge in [-0.3, -0.25) is 0 Å². The first-order valence-corrected chi connectivity index (χ1v) is 11.2. The van der Waals surface area contributed by atoms with Crippen LogP contribution in [0.15, 0.2) is 22.6 Å². The van der Waals surface area contributed by atoms with Gasteiger partial charge in [0.15, 0.2) is 0 Å². The van der Waals surface area contributed by atoms with Crippen LogP contribution in [-0.4, -0.2) is 44.7 Å². The molecule has 1 atom stereocenters. The van der Waals surface area contributed by atoms with E-state index in [0.29, 0.717) is 25.9 Å². The van der Waals surface area contributed by atoms with Crippen molar-refractivity contribution in [1.29, 1.82) is 0 Å². The van der Waals surface area contributed by atoms with Crippen molar-refractivity contribution < 1.29 is 18.5 Å². The Morgan fingerprint density at radius 1 is 1.21 bits per heavy atom.